The summed E-state index contributed by atoms with van der Waals surface area (Å²) in [6.45, 7) is 5.65. The molecule has 0 radical (unpaired) electrons. The van der Waals surface area contributed by atoms with Crippen molar-refractivity contribution in [3.05, 3.63) is 93.8 Å². The topological polar surface area (TPSA) is 106 Å². The summed E-state index contributed by atoms with van der Waals surface area (Å²) in [6.07, 6.45) is 7.01. The van der Waals surface area contributed by atoms with Gasteiger partial charge in [-0.05, 0) is 55.8 Å². The van der Waals surface area contributed by atoms with Crippen molar-refractivity contribution < 1.29 is 23.4 Å². The number of benzene rings is 2. The maximum absolute atomic E-state index is 12.4. The van der Waals surface area contributed by atoms with E-state index in [1.807, 2.05) is 60.7 Å². The highest BCUT2D eigenvalue weighted by molar-refractivity contribution is 5.65. The summed E-state index contributed by atoms with van der Waals surface area (Å²) in [5, 5.41) is 10.7. The largest absolute Gasteiger partial charge is 0.493 e. The van der Waals surface area contributed by atoms with Gasteiger partial charge in [-0.1, -0.05) is 36.4 Å². The van der Waals surface area contributed by atoms with Gasteiger partial charge in [-0.25, -0.2) is 14.3 Å². The van der Waals surface area contributed by atoms with Crippen molar-refractivity contribution in [2.24, 2.45) is 0 Å². The number of aromatic nitrogens is 2. The molecule has 10 heteroatoms. The lowest BCUT2D eigenvalue weighted by atomic mass is 10.1. The first kappa shape index (κ1) is 29.2. The number of aromatic hydroxyl groups is 1. The summed E-state index contributed by atoms with van der Waals surface area (Å²) < 4.78 is 23.8. The molecule has 0 spiro atoms. The van der Waals surface area contributed by atoms with Gasteiger partial charge in [-0.2, -0.15) is 0 Å². The molecule has 42 heavy (non-hydrogen) atoms. The van der Waals surface area contributed by atoms with Gasteiger partial charge in [0.15, 0.2) is 17.3 Å². The number of hydrogen-bond donors (Lipinski definition) is 1. The summed E-state index contributed by atoms with van der Waals surface area (Å²) in [5.74, 6) is 1.32. The predicted molar refractivity (Wildman–Crippen MR) is 160 cm³/mol. The summed E-state index contributed by atoms with van der Waals surface area (Å²) in [4.78, 5) is 21.6. The predicted octanol–water partition coefficient (Wildman–Crippen LogP) is 4.32. The van der Waals surface area contributed by atoms with Crippen LogP contribution in [0.3, 0.4) is 0 Å². The van der Waals surface area contributed by atoms with Crippen molar-refractivity contribution in [2.75, 3.05) is 46.9 Å². The van der Waals surface area contributed by atoms with E-state index < -0.39 is 5.76 Å². The molecule has 1 N–H and O–H groups in total. The van der Waals surface area contributed by atoms with Crippen LogP contribution in [0.25, 0.3) is 12.2 Å². The van der Waals surface area contributed by atoms with E-state index in [-0.39, 0.29) is 18.2 Å². The molecule has 2 aromatic heterocycles. The number of likely N-dealkylation sites (N-methyl/N-ethyl adjacent to an activating group) is 1. The number of rotatable bonds is 13. The molecule has 3 heterocycles. The first-order valence-corrected chi connectivity index (χ1v) is 14.3. The summed E-state index contributed by atoms with van der Waals surface area (Å²) in [6, 6.07) is 15.6. The Morgan fingerprint density at radius 2 is 1.81 bits per heavy atom. The molecule has 1 fully saturated rings. The minimum Gasteiger partial charge on any atom is -0.493 e. The quantitative estimate of drug-likeness (QED) is 0.250. The SMILES string of the molecule is COc1ccc(CCc2oc(=O)n(CCCN3CCN(C)CC3)c2O)cc1OCc1coc(C=Cc2ccccc2)n1. The highest BCUT2D eigenvalue weighted by Gasteiger charge is 2.18. The maximum atomic E-state index is 12.4. The molecule has 222 valence electrons. The summed E-state index contributed by atoms with van der Waals surface area (Å²) in [5.41, 5.74) is 2.65. The zero-order chi connectivity index (χ0) is 29.3. The van der Waals surface area contributed by atoms with Crippen molar-refractivity contribution in [3.8, 4) is 17.4 Å². The van der Waals surface area contributed by atoms with Gasteiger partial charge >= 0.3 is 5.76 Å². The molecule has 1 aliphatic heterocycles. The zero-order valence-corrected chi connectivity index (χ0v) is 24.2. The van der Waals surface area contributed by atoms with Crippen LogP contribution in [-0.4, -0.2) is 71.3 Å². The van der Waals surface area contributed by atoms with Crippen molar-refractivity contribution >= 4 is 12.2 Å². The van der Waals surface area contributed by atoms with Gasteiger partial charge in [0.25, 0.3) is 0 Å². The number of ether oxygens (including phenoxy) is 2. The number of hydrogen-bond acceptors (Lipinski definition) is 9. The molecular weight excluding hydrogens is 536 g/mol. The third-order valence-corrected chi connectivity index (χ3v) is 7.42. The van der Waals surface area contributed by atoms with Crippen LogP contribution in [0.15, 0.2) is 68.4 Å². The number of methoxy groups -OCH3 is 1. The second-order valence-corrected chi connectivity index (χ2v) is 10.5. The molecule has 0 saturated carbocycles. The maximum Gasteiger partial charge on any atom is 0.422 e. The molecule has 1 aliphatic rings. The highest BCUT2D eigenvalue weighted by atomic mass is 16.5. The first-order chi connectivity index (χ1) is 20.5. The number of piperazine rings is 1. The van der Waals surface area contributed by atoms with Crippen LogP contribution in [0.2, 0.25) is 0 Å². The first-order valence-electron chi connectivity index (χ1n) is 14.3. The lowest BCUT2D eigenvalue weighted by Crippen LogP contribution is -2.44. The summed E-state index contributed by atoms with van der Waals surface area (Å²) in [7, 11) is 3.71. The van der Waals surface area contributed by atoms with Gasteiger partial charge in [0, 0.05) is 45.2 Å². The molecule has 0 amide bonds. The fourth-order valence-electron chi connectivity index (χ4n) is 4.92. The van der Waals surface area contributed by atoms with E-state index >= 15 is 0 Å². The van der Waals surface area contributed by atoms with E-state index in [1.165, 1.54) is 4.57 Å². The van der Waals surface area contributed by atoms with Gasteiger partial charge in [-0.3, -0.25) is 0 Å². The van der Waals surface area contributed by atoms with E-state index in [0.29, 0.717) is 42.5 Å². The van der Waals surface area contributed by atoms with Crippen molar-refractivity contribution in [1.29, 1.82) is 0 Å². The summed E-state index contributed by atoms with van der Waals surface area (Å²) >= 11 is 0. The third-order valence-electron chi connectivity index (χ3n) is 7.42. The van der Waals surface area contributed by atoms with Gasteiger partial charge in [-0.15, -0.1) is 0 Å². The lowest BCUT2D eigenvalue weighted by molar-refractivity contribution is 0.150. The Labute approximate surface area is 245 Å². The smallest absolute Gasteiger partial charge is 0.422 e. The lowest BCUT2D eigenvalue weighted by Gasteiger charge is -2.32. The average Bonchev–Trinajstić information content (AvgIpc) is 3.58. The van der Waals surface area contributed by atoms with E-state index in [0.717, 1.165) is 50.3 Å². The molecule has 5 rings (SSSR count). The van der Waals surface area contributed by atoms with Crippen LogP contribution in [0.1, 0.15) is 34.9 Å². The van der Waals surface area contributed by atoms with Crippen LogP contribution in [-0.2, 0) is 26.0 Å². The number of oxazole rings is 2. The van der Waals surface area contributed by atoms with Gasteiger partial charge in [0.05, 0.1) is 7.11 Å². The van der Waals surface area contributed by atoms with Crippen LogP contribution < -0.4 is 15.2 Å². The average molecular weight is 575 g/mol. The van der Waals surface area contributed by atoms with Crippen LogP contribution >= 0.6 is 0 Å². The Morgan fingerprint density at radius 1 is 1.00 bits per heavy atom. The van der Waals surface area contributed by atoms with E-state index in [1.54, 1.807) is 13.4 Å². The zero-order valence-electron chi connectivity index (χ0n) is 24.2. The Morgan fingerprint density at radius 3 is 2.60 bits per heavy atom. The van der Waals surface area contributed by atoms with Crippen LogP contribution in [0, 0.1) is 0 Å². The van der Waals surface area contributed by atoms with Crippen LogP contribution in [0.4, 0.5) is 0 Å². The van der Waals surface area contributed by atoms with Crippen molar-refractivity contribution in [1.82, 2.24) is 19.4 Å². The Balaban J connectivity index is 1.15. The minimum absolute atomic E-state index is 0.0912. The molecule has 10 nitrogen and oxygen atoms in total. The fraction of sp³-hybridized carbons (Fsp3) is 0.375. The highest BCUT2D eigenvalue weighted by Crippen LogP contribution is 2.30. The van der Waals surface area contributed by atoms with Gasteiger partial charge in [0.2, 0.25) is 11.8 Å². The Kier molecular flexibility index (Phi) is 9.78. The molecule has 0 aliphatic carbocycles. The van der Waals surface area contributed by atoms with E-state index in [2.05, 4.69) is 21.8 Å². The number of aryl methyl sites for hydroxylation is 2. The molecule has 0 unspecified atom stereocenters. The van der Waals surface area contributed by atoms with E-state index in [4.69, 9.17) is 18.3 Å². The Hall–Kier alpha value is -4.28. The standard InChI is InChI=1S/C32H38N4O6/c1-34-17-19-35(20-18-34)15-6-16-36-31(37)28(42-32(36)38)13-10-25-9-12-27(39-2)29(21-25)40-22-26-23-41-30(33-26)14-11-24-7-4-3-5-8-24/h3-5,7-9,11-12,14,21,23,37H,6,10,13,15-20,22H2,1-2H3. The van der Waals surface area contributed by atoms with Crippen molar-refractivity contribution in [3.63, 3.8) is 0 Å². The van der Waals surface area contributed by atoms with Gasteiger partial charge < -0.3 is 33.2 Å². The molecule has 4 aromatic rings. The third kappa shape index (κ3) is 7.71. The second kappa shape index (κ2) is 14.1. The molecule has 0 atom stereocenters. The second-order valence-electron chi connectivity index (χ2n) is 10.5. The fourth-order valence-corrected chi connectivity index (χ4v) is 4.92. The number of nitrogens with zero attached hydrogens (tertiary/aromatic N) is 4. The molecule has 1 saturated heterocycles. The minimum atomic E-state index is -0.523. The van der Waals surface area contributed by atoms with Crippen molar-refractivity contribution in [2.45, 2.75) is 32.4 Å². The van der Waals surface area contributed by atoms with E-state index in [9.17, 15) is 9.90 Å². The van der Waals surface area contributed by atoms with Crippen LogP contribution in [0.5, 0.6) is 17.4 Å². The Bertz CT molecular complexity index is 1520. The molecule has 0 bridgehead atoms. The monoisotopic (exact) mass is 574 g/mol. The van der Waals surface area contributed by atoms with Gasteiger partial charge in [0.1, 0.15) is 18.6 Å². The molecular formula is C32H38N4O6. The normalized spacial score (nSPS) is 14.5. The molecule has 2 aromatic carbocycles.